The quantitative estimate of drug-likeness (QED) is 0.641. The summed E-state index contributed by atoms with van der Waals surface area (Å²) in [5.41, 5.74) is 1.22. The predicted molar refractivity (Wildman–Crippen MR) is 77.8 cm³/mol. The maximum atomic E-state index is 12.0. The standard InChI is InChI=1S/C15H25N3O2/c1-11-14(12(2)20-18-11)15(19)17-10-9-16-13-7-5-3-4-6-8-13/h13,16H,3-10H2,1-2H3,(H,17,19). The van der Waals surface area contributed by atoms with Crippen LogP contribution in [-0.2, 0) is 0 Å². The van der Waals surface area contributed by atoms with Crippen molar-refractivity contribution >= 4 is 5.91 Å². The van der Waals surface area contributed by atoms with E-state index in [4.69, 9.17) is 4.52 Å². The number of nitrogens with one attached hydrogen (secondary N) is 2. The summed E-state index contributed by atoms with van der Waals surface area (Å²) in [6.07, 6.45) is 7.89. The van der Waals surface area contributed by atoms with Gasteiger partial charge >= 0.3 is 0 Å². The van der Waals surface area contributed by atoms with E-state index in [9.17, 15) is 4.79 Å². The number of carbonyl (C=O) groups excluding carboxylic acids is 1. The van der Waals surface area contributed by atoms with Crippen molar-refractivity contribution in [1.82, 2.24) is 15.8 Å². The normalized spacial score (nSPS) is 16.9. The number of carbonyl (C=O) groups is 1. The van der Waals surface area contributed by atoms with Crippen molar-refractivity contribution in [2.45, 2.75) is 58.4 Å². The van der Waals surface area contributed by atoms with Gasteiger partial charge in [-0.15, -0.1) is 0 Å². The van der Waals surface area contributed by atoms with E-state index in [1.807, 2.05) is 0 Å². The summed E-state index contributed by atoms with van der Waals surface area (Å²) in [4.78, 5) is 12.0. The average Bonchev–Trinajstić information content (AvgIpc) is 2.65. The number of hydrogen-bond donors (Lipinski definition) is 2. The van der Waals surface area contributed by atoms with Gasteiger partial charge in [-0.2, -0.15) is 0 Å². The number of amides is 1. The second-order valence-electron chi connectivity index (χ2n) is 5.60. The average molecular weight is 279 g/mol. The van der Waals surface area contributed by atoms with Gasteiger partial charge in [-0.25, -0.2) is 0 Å². The Balaban J connectivity index is 1.69. The first-order valence-corrected chi connectivity index (χ1v) is 7.63. The van der Waals surface area contributed by atoms with Gasteiger partial charge in [0.2, 0.25) is 0 Å². The van der Waals surface area contributed by atoms with Gasteiger partial charge < -0.3 is 15.2 Å². The first-order chi connectivity index (χ1) is 9.68. The summed E-state index contributed by atoms with van der Waals surface area (Å²) >= 11 is 0. The number of nitrogens with zero attached hydrogens (tertiary/aromatic N) is 1. The minimum absolute atomic E-state index is 0.0936. The minimum Gasteiger partial charge on any atom is -0.361 e. The molecule has 1 aliphatic rings. The topological polar surface area (TPSA) is 67.2 Å². The molecular formula is C15H25N3O2. The zero-order valence-corrected chi connectivity index (χ0v) is 12.5. The molecule has 0 aromatic carbocycles. The molecule has 112 valence electrons. The van der Waals surface area contributed by atoms with Crippen LogP contribution >= 0.6 is 0 Å². The fourth-order valence-electron chi connectivity index (χ4n) is 2.83. The van der Waals surface area contributed by atoms with Gasteiger partial charge in [0, 0.05) is 19.1 Å². The largest absolute Gasteiger partial charge is 0.361 e. The Hall–Kier alpha value is -1.36. The Kier molecular flexibility index (Phi) is 5.59. The maximum Gasteiger partial charge on any atom is 0.256 e. The molecule has 5 heteroatoms. The third-order valence-electron chi connectivity index (χ3n) is 3.96. The molecular weight excluding hydrogens is 254 g/mol. The highest BCUT2D eigenvalue weighted by Crippen LogP contribution is 2.16. The number of hydrogen-bond acceptors (Lipinski definition) is 4. The molecule has 0 saturated heterocycles. The van der Waals surface area contributed by atoms with Crippen molar-refractivity contribution in [2.24, 2.45) is 0 Å². The van der Waals surface area contributed by atoms with Gasteiger partial charge in [0.05, 0.1) is 5.69 Å². The third kappa shape index (κ3) is 4.07. The Morgan fingerprint density at radius 3 is 2.50 bits per heavy atom. The summed E-state index contributed by atoms with van der Waals surface area (Å²) in [5.74, 6) is 0.487. The molecule has 0 atom stereocenters. The lowest BCUT2D eigenvalue weighted by atomic mass is 10.1. The highest BCUT2D eigenvalue weighted by molar-refractivity contribution is 5.96. The smallest absolute Gasteiger partial charge is 0.256 e. The van der Waals surface area contributed by atoms with Crippen LogP contribution in [0.4, 0.5) is 0 Å². The minimum atomic E-state index is -0.0936. The molecule has 1 aromatic heterocycles. The second kappa shape index (κ2) is 7.43. The van der Waals surface area contributed by atoms with Crippen LogP contribution in [0.1, 0.15) is 60.3 Å². The van der Waals surface area contributed by atoms with E-state index in [1.54, 1.807) is 13.8 Å². The Labute approximate surface area is 120 Å². The maximum absolute atomic E-state index is 12.0. The molecule has 0 bridgehead atoms. The number of rotatable bonds is 5. The van der Waals surface area contributed by atoms with Crippen LogP contribution < -0.4 is 10.6 Å². The molecule has 0 radical (unpaired) electrons. The molecule has 2 rings (SSSR count). The van der Waals surface area contributed by atoms with Crippen LogP contribution in [0.3, 0.4) is 0 Å². The third-order valence-corrected chi connectivity index (χ3v) is 3.96. The molecule has 1 amide bonds. The van der Waals surface area contributed by atoms with E-state index in [-0.39, 0.29) is 5.91 Å². The Morgan fingerprint density at radius 1 is 1.20 bits per heavy atom. The van der Waals surface area contributed by atoms with E-state index >= 15 is 0 Å². The lowest BCUT2D eigenvalue weighted by Crippen LogP contribution is -2.37. The summed E-state index contributed by atoms with van der Waals surface area (Å²) in [7, 11) is 0. The van der Waals surface area contributed by atoms with Crippen molar-refractivity contribution in [1.29, 1.82) is 0 Å². The Morgan fingerprint density at radius 2 is 1.90 bits per heavy atom. The van der Waals surface area contributed by atoms with E-state index in [2.05, 4.69) is 15.8 Å². The molecule has 0 spiro atoms. The molecule has 1 aromatic rings. The van der Waals surface area contributed by atoms with Crippen molar-refractivity contribution in [3.8, 4) is 0 Å². The van der Waals surface area contributed by atoms with E-state index < -0.39 is 0 Å². The van der Waals surface area contributed by atoms with Crippen molar-refractivity contribution in [2.75, 3.05) is 13.1 Å². The van der Waals surface area contributed by atoms with Gasteiger partial charge in [0.25, 0.3) is 5.91 Å². The van der Waals surface area contributed by atoms with Crippen LogP contribution in [0, 0.1) is 13.8 Å². The van der Waals surface area contributed by atoms with Gasteiger partial charge in [-0.3, -0.25) is 4.79 Å². The molecule has 1 fully saturated rings. The summed E-state index contributed by atoms with van der Waals surface area (Å²) in [6.45, 7) is 5.01. The molecule has 1 aliphatic carbocycles. The van der Waals surface area contributed by atoms with E-state index in [0.717, 1.165) is 6.54 Å². The number of aryl methyl sites for hydroxylation is 2. The zero-order chi connectivity index (χ0) is 14.4. The summed E-state index contributed by atoms with van der Waals surface area (Å²) in [6, 6.07) is 0.619. The second-order valence-corrected chi connectivity index (χ2v) is 5.60. The van der Waals surface area contributed by atoms with Crippen LogP contribution in [0.2, 0.25) is 0 Å². The molecule has 0 unspecified atom stereocenters. The zero-order valence-electron chi connectivity index (χ0n) is 12.5. The van der Waals surface area contributed by atoms with Crippen molar-refractivity contribution in [3.05, 3.63) is 17.0 Å². The van der Waals surface area contributed by atoms with Gasteiger partial charge in [0.15, 0.2) is 0 Å². The van der Waals surface area contributed by atoms with Crippen LogP contribution in [-0.4, -0.2) is 30.2 Å². The summed E-state index contributed by atoms with van der Waals surface area (Å²) < 4.78 is 5.01. The molecule has 20 heavy (non-hydrogen) atoms. The SMILES string of the molecule is Cc1noc(C)c1C(=O)NCCNC1CCCCCC1. The van der Waals surface area contributed by atoms with Gasteiger partial charge in [-0.05, 0) is 26.7 Å². The van der Waals surface area contributed by atoms with Gasteiger partial charge in [-0.1, -0.05) is 30.8 Å². The molecule has 0 aliphatic heterocycles. The predicted octanol–water partition coefficient (Wildman–Crippen LogP) is 2.33. The lowest BCUT2D eigenvalue weighted by molar-refractivity contribution is 0.0951. The first-order valence-electron chi connectivity index (χ1n) is 7.63. The van der Waals surface area contributed by atoms with Crippen LogP contribution in [0.5, 0.6) is 0 Å². The monoisotopic (exact) mass is 279 g/mol. The Bertz CT molecular complexity index is 415. The highest BCUT2D eigenvalue weighted by Gasteiger charge is 2.17. The van der Waals surface area contributed by atoms with Crippen molar-refractivity contribution in [3.63, 3.8) is 0 Å². The van der Waals surface area contributed by atoms with Crippen molar-refractivity contribution < 1.29 is 9.32 Å². The molecule has 2 N–H and O–H groups in total. The highest BCUT2D eigenvalue weighted by atomic mass is 16.5. The van der Waals surface area contributed by atoms with Crippen LogP contribution in [0.15, 0.2) is 4.52 Å². The van der Waals surface area contributed by atoms with Crippen LogP contribution in [0.25, 0.3) is 0 Å². The first kappa shape index (κ1) is 15.0. The fourth-order valence-corrected chi connectivity index (χ4v) is 2.83. The fraction of sp³-hybridized carbons (Fsp3) is 0.733. The van der Waals surface area contributed by atoms with E-state index in [0.29, 0.717) is 29.6 Å². The summed E-state index contributed by atoms with van der Waals surface area (Å²) in [5, 5.41) is 10.3. The lowest BCUT2D eigenvalue weighted by Gasteiger charge is -2.16. The molecule has 1 heterocycles. The molecule has 5 nitrogen and oxygen atoms in total. The van der Waals surface area contributed by atoms with Gasteiger partial charge in [0.1, 0.15) is 11.3 Å². The molecule has 1 saturated carbocycles. The van der Waals surface area contributed by atoms with E-state index in [1.165, 1.54) is 38.5 Å². The number of aromatic nitrogens is 1.